The highest BCUT2D eigenvalue weighted by Gasteiger charge is 2.04. The summed E-state index contributed by atoms with van der Waals surface area (Å²) in [5.41, 5.74) is 11.7. The van der Waals surface area contributed by atoms with E-state index in [-0.39, 0.29) is 0 Å². The Labute approximate surface area is 109 Å². The van der Waals surface area contributed by atoms with E-state index in [1.807, 2.05) is 12.1 Å². The van der Waals surface area contributed by atoms with Crippen molar-refractivity contribution in [2.45, 2.75) is 20.4 Å². The van der Waals surface area contributed by atoms with Crippen LogP contribution in [0.2, 0.25) is 0 Å². The highest BCUT2D eigenvalue weighted by molar-refractivity contribution is 5.58. The van der Waals surface area contributed by atoms with Gasteiger partial charge in [-0.1, -0.05) is 29.8 Å². The monoisotopic (exact) mass is 240 g/mol. The number of aryl methyl sites for hydroxylation is 2. The summed E-state index contributed by atoms with van der Waals surface area (Å²) in [6.45, 7) is 5.08. The van der Waals surface area contributed by atoms with Crippen molar-refractivity contribution in [1.29, 1.82) is 0 Å². The van der Waals surface area contributed by atoms with E-state index < -0.39 is 0 Å². The molecule has 2 nitrogen and oxygen atoms in total. The molecule has 0 bridgehead atoms. The Bertz CT molecular complexity index is 526. The number of benzene rings is 2. The number of nitrogen functional groups attached to an aromatic ring is 1. The average Bonchev–Trinajstić information content (AvgIpc) is 2.27. The fourth-order valence-corrected chi connectivity index (χ4v) is 2.19. The van der Waals surface area contributed by atoms with E-state index in [0.717, 1.165) is 17.9 Å². The molecule has 94 valence electrons. The van der Waals surface area contributed by atoms with E-state index in [9.17, 15) is 0 Å². The summed E-state index contributed by atoms with van der Waals surface area (Å²) in [6, 6.07) is 14.8. The largest absolute Gasteiger partial charge is 0.399 e. The quantitative estimate of drug-likeness (QED) is 0.832. The van der Waals surface area contributed by atoms with E-state index in [2.05, 4.69) is 56.1 Å². The molecule has 0 aromatic heterocycles. The highest BCUT2D eigenvalue weighted by atomic mass is 15.1. The molecule has 0 aliphatic carbocycles. The summed E-state index contributed by atoms with van der Waals surface area (Å²) < 4.78 is 0. The van der Waals surface area contributed by atoms with Gasteiger partial charge in [-0.05, 0) is 43.2 Å². The van der Waals surface area contributed by atoms with Crippen molar-refractivity contribution < 1.29 is 0 Å². The van der Waals surface area contributed by atoms with Crippen LogP contribution in [0.4, 0.5) is 11.4 Å². The fourth-order valence-electron chi connectivity index (χ4n) is 2.19. The Morgan fingerprint density at radius 2 is 1.78 bits per heavy atom. The molecule has 0 fully saturated rings. The van der Waals surface area contributed by atoms with Gasteiger partial charge in [-0.15, -0.1) is 0 Å². The van der Waals surface area contributed by atoms with Gasteiger partial charge in [0.1, 0.15) is 0 Å². The van der Waals surface area contributed by atoms with Gasteiger partial charge in [-0.2, -0.15) is 0 Å². The van der Waals surface area contributed by atoms with E-state index in [4.69, 9.17) is 5.73 Å². The van der Waals surface area contributed by atoms with Crippen molar-refractivity contribution in [1.82, 2.24) is 0 Å². The second-order valence-electron chi connectivity index (χ2n) is 4.95. The van der Waals surface area contributed by atoms with Crippen LogP contribution in [-0.4, -0.2) is 7.05 Å². The van der Waals surface area contributed by atoms with Crippen LogP contribution < -0.4 is 10.6 Å². The first-order chi connectivity index (χ1) is 8.54. The second kappa shape index (κ2) is 5.13. The van der Waals surface area contributed by atoms with Crippen LogP contribution in [0.3, 0.4) is 0 Å². The summed E-state index contributed by atoms with van der Waals surface area (Å²) in [4.78, 5) is 2.22. The third kappa shape index (κ3) is 3.04. The molecular formula is C16H20N2. The lowest BCUT2D eigenvalue weighted by Crippen LogP contribution is -2.16. The Morgan fingerprint density at radius 3 is 2.44 bits per heavy atom. The Balaban J connectivity index is 2.19. The molecule has 0 aliphatic rings. The van der Waals surface area contributed by atoms with Crippen LogP contribution in [0.25, 0.3) is 0 Å². The van der Waals surface area contributed by atoms with Crippen LogP contribution in [-0.2, 0) is 6.54 Å². The first-order valence-electron chi connectivity index (χ1n) is 6.18. The van der Waals surface area contributed by atoms with Gasteiger partial charge in [-0.25, -0.2) is 0 Å². The van der Waals surface area contributed by atoms with Crippen molar-refractivity contribution in [3.8, 4) is 0 Å². The highest BCUT2D eigenvalue weighted by Crippen LogP contribution is 2.21. The van der Waals surface area contributed by atoms with Gasteiger partial charge in [0.25, 0.3) is 0 Å². The normalized spacial score (nSPS) is 10.4. The predicted molar refractivity (Wildman–Crippen MR) is 78.9 cm³/mol. The van der Waals surface area contributed by atoms with E-state index in [1.54, 1.807) is 0 Å². The zero-order valence-electron chi connectivity index (χ0n) is 11.3. The Hall–Kier alpha value is -1.96. The van der Waals surface area contributed by atoms with Gasteiger partial charge in [0.2, 0.25) is 0 Å². The number of nitrogens with zero attached hydrogens (tertiary/aromatic N) is 1. The molecule has 0 atom stereocenters. The standard InChI is InChI=1S/C16H20N2/c1-12-5-4-6-14(7-12)11-18(3)16-9-13(2)8-15(17)10-16/h4-10H,11,17H2,1-3H3. The lowest BCUT2D eigenvalue weighted by molar-refractivity contribution is 0.921. The summed E-state index contributed by atoms with van der Waals surface area (Å²) in [7, 11) is 2.09. The molecule has 18 heavy (non-hydrogen) atoms. The lowest BCUT2D eigenvalue weighted by Gasteiger charge is -2.20. The first-order valence-corrected chi connectivity index (χ1v) is 6.18. The third-order valence-corrected chi connectivity index (χ3v) is 3.03. The van der Waals surface area contributed by atoms with Gasteiger partial charge >= 0.3 is 0 Å². The Morgan fingerprint density at radius 1 is 1.00 bits per heavy atom. The van der Waals surface area contributed by atoms with Crippen LogP contribution in [0, 0.1) is 13.8 Å². The maximum atomic E-state index is 5.89. The van der Waals surface area contributed by atoms with Gasteiger partial charge in [-0.3, -0.25) is 0 Å². The third-order valence-electron chi connectivity index (χ3n) is 3.03. The SMILES string of the molecule is Cc1cccc(CN(C)c2cc(C)cc(N)c2)c1. The molecule has 0 amide bonds. The zero-order chi connectivity index (χ0) is 13.1. The minimum Gasteiger partial charge on any atom is -0.399 e. The number of hydrogen-bond acceptors (Lipinski definition) is 2. The molecule has 0 saturated heterocycles. The molecule has 0 radical (unpaired) electrons. The molecule has 0 saturated carbocycles. The maximum Gasteiger partial charge on any atom is 0.0426 e. The maximum absolute atomic E-state index is 5.89. The molecule has 2 aromatic rings. The predicted octanol–water partition coefficient (Wildman–Crippen LogP) is 3.52. The number of hydrogen-bond donors (Lipinski definition) is 1. The number of nitrogens with two attached hydrogens (primary N) is 1. The molecule has 0 unspecified atom stereocenters. The van der Waals surface area contributed by atoms with Gasteiger partial charge in [0.15, 0.2) is 0 Å². The van der Waals surface area contributed by atoms with Crippen molar-refractivity contribution in [2.75, 3.05) is 17.7 Å². The first kappa shape index (κ1) is 12.5. The van der Waals surface area contributed by atoms with Crippen LogP contribution in [0.1, 0.15) is 16.7 Å². The van der Waals surface area contributed by atoms with Crippen molar-refractivity contribution in [2.24, 2.45) is 0 Å². The molecule has 0 spiro atoms. The lowest BCUT2D eigenvalue weighted by atomic mass is 10.1. The topological polar surface area (TPSA) is 29.3 Å². The van der Waals surface area contributed by atoms with E-state index in [0.29, 0.717) is 0 Å². The molecule has 2 heteroatoms. The molecular weight excluding hydrogens is 220 g/mol. The summed E-state index contributed by atoms with van der Waals surface area (Å²) >= 11 is 0. The smallest absolute Gasteiger partial charge is 0.0426 e. The zero-order valence-corrected chi connectivity index (χ0v) is 11.3. The molecule has 0 heterocycles. The van der Waals surface area contributed by atoms with Crippen molar-refractivity contribution >= 4 is 11.4 Å². The summed E-state index contributed by atoms with van der Waals surface area (Å²) in [6.07, 6.45) is 0. The van der Waals surface area contributed by atoms with Crippen molar-refractivity contribution in [3.63, 3.8) is 0 Å². The van der Waals surface area contributed by atoms with Crippen LogP contribution in [0.15, 0.2) is 42.5 Å². The fraction of sp³-hybridized carbons (Fsp3) is 0.250. The van der Waals surface area contributed by atoms with Crippen LogP contribution >= 0.6 is 0 Å². The van der Waals surface area contributed by atoms with Gasteiger partial charge in [0, 0.05) is 25.0 Å². The summed E-state index contributed by atoms with van der Waals surface area (Å²) in [5.74, 6) is 0. The minimum atomic E-state index is 0.820. The van der Waals surface area contributed by atoms with E-state index in [1.165, 1.54) is 16.7 Å². The van der Waals surface area contributed by atoms with Crippen LogP contribution in [0.5, 0.6) is 0 Å². The van der Waals surface area contributed by atoms with E-state index >= 15 is 0 Å². The molecule has 2 aromatic carbocycles. The number of rotatable bonds is 3. The summed E-state index contributed by atoms with van der Waals surface area (Å²) in [5, 5.41) is 0. The Kier molecular flexibility index (Phi) is 3.56. The van der Waals surface area contributed by atoms with Gasteiger partial charge in [0.05, 0.1) is 0 Å². The second-order valence-corrected chi connectivity index (χ2v) is 4.95. The van der Waals surface area contributed by atoms with Gasteiger partial charge < -0.3 is 10.6 Å². The molecule has 0 aliphatic heterocycles. The molecule has 2 rings (SSSR count). The minimum absolute atomic E-state index is 0.820. The molecule has 2 N–H and O–H groups in total. The average molecular weight is 240 g/mol. The van der Waals surface area contributed by atoms with Crippen molar-refractivity contribution in [3.05, 3.63) is 59.2 Å². The number of anilines is 2.